The van der Waals surface area contributed by atoms with Crippen LogP contribution in [0.15, 0.2) is 0 Å². The van der Waals surface area contributed by atoms with E-state index >= 15 is 0 Å². The molecule has 0 bridgehead atoms. The van der Waals surface area contributed by atoms with Crippen molar-refractivity contribution in [3.63, 3.8) is 0 Å². The molecule has 0 rings (SSSR count). The van der Waals surface area contributed by atoms with Crippen LogP contribution in [0.25, 0.3) is 0 Å². The van der Waals surface area contributed by atoms with E-state index in [4.69, 9.17) is 10.2 Å². The zero-order chi connectivity index (χ0) is 15.7. The first kappa shape index (κ1) is 17.9. The molecule has 0 aromatic heterocycles. The maximum atomic E-state index is 11.5. The van der Waals surface area contributed by atoms with Crippen molar-refractivity contribution in [2.24, 2.45) is 11.8 Å². The predicted molar refractivity (Wildman–Crippen MR) is 64.3 cm³/mol. The zero-order valence-corrected chi connectivity index (χ0v) is 11.3. The van der Waals surface area contributed by atoms with Crippen LogP contribution in [0, 0.1) is 11.8 Å². The Hall–Kier alpha value is -2.12. The van der Waals surface area contributed by atoms with Crippen molar-refractivity contribution in [1.82, 2.24) is 0 Å². The number of carbonyl (C=O) groups excluding carboxylic acids is 2. The first-order valence-electron chi connectivity index (χ1n) is 6.17. The molecule has 0 aromatic rings. The van der Waals surface area contributed by atoms with Gasteiger partial charge in [0.05, 0.1) is 24.7 Å². The topological polar surface area (TPSA) is 127 Å². The molecule has 2 atom stereocenters. The van der Waals surface area contributed by atoms with Crippen molar-refractivity contribution < 1.29 is 39.2 Å². The molecule has 2 unspecified atom stereocenters. The van der Waals surface area contributed by atoms with Gasteiger partial charge in [-0.2, -0.15) is 0 Å². The molecule has 2 N–H and O–H groups in total. The highest BCUT2D eigenvalue weighted by Crippen LogP contribution is 2.14. The van der Waals surface area contributed by atoms with E-state index < -0.39 is 48.6 Å². The van der Waals surface area contributed by atoms with Crippen LogP contribution in [-0.4, -0.2) is 34.1 Å². The third-order valence-electron chi connectivity index (χ3n) is 2.70. The summed E-state index contributed by atoms with van der Waals surface area (Å²) in [5.74, 6) is -6.10. The van der Waals surface area contributed by atoms with Gasteiger partial charge in [-0.1, -0.05) is 13.8 Å². The van der Waals surface area contributed by atoms with Crippen LogP contribution in [0.1, 0.15) is 39.5 Å². The van der Waals surface area contributed by atoms with Gasteiger partial charge in [-0.25, -0.2) is 19.4 Å². The van der Waals surface area contributed by atoms with E-state index in [2.05, 4.69) is 9.78 Å². The molecule has 0 aliphatic rings. The second-order valence-electron chi connectivity index (χ2n) is 4.21. The van der Waals surface area contributed by atoms with Crippen molar-refractivity contribution >= 4 is 23.9 Å². The lowest BCUT2D eigenvalue weighted by Crippen LogP contribution is -2.25. The number of hydrogen-bond acceptors (Lipinski definition) is 6. The molecule has 0 fully saturated rings. The summed E-state index contributed by atoms with van der Waals surface area (Å²) in [5, 5.41) is 17.2. The number of aliphatic carboxylic acids is 2. The Labute approximate surface area is 115 Å². The Kier molecular flexibility index (Phi) is 7.95. The van der Waals surface area contributed by atoms with Gasteiger partial charge in [-0.05, 0) is 12.8 Å². The smallest absolute Gasteiger partial charge is 0.359 e. The maximum Gasteiger partial charge on any atom is 0.359 e. The molecule has 8 heteroatoms. The fourth-order valence-corrected chi connectivity index (χ4v) is 1.43. The van der Waals surface area contributed by atoms with Crippen LogP contribution in [0.4, 0.5) is 0 Å². The van der Waals surface area contributed by atoms with Gasteiger partial charge in [0.25, 0.3) is 0 Å². The van der Waals surface area contributed by atoms with E-state index in [1.165, 1.54) is 0 Å². The van der Waals surface area contributed by atoms with Crippen molar-refractivity contribution in [3.05, 3.63) is 0 Å². The molecule has 0 saturated heterocycles. The summed E-state index contributed by atoms with van der Waals surface area (Å²) >= 11 is 0. The van der Waals surface area contributed by atoms with Crippen LogP contribution < -0.4 is 0 Å². The average Bonchev–Trinajstić information content (AvgIpc) is 2.38. The lowest BCUT2D eigenvalue weighted by atomic mass is 10.0. The molecule has 0 aromatic carbocycles. The molecular weight excluding hydrogens is 272 g/mol. The van der Waals surface area contributed by atoms with Crippen LogP contribution in [0.5, 0.6) is 0 Å². The fourth-order valence-electron chi connectivity index (χ4n) is 1.43. The van der Waals surface area contributed by atoms with Gasteiger partial charge in [0.15, 0.2) is 0 Å². The van der Waals surface area contributed by atoms with Gasteiger partial charge in [-0.3, -0.25) is 9.59 Å². The monoisotopic (exact) mass is 290 g/mol. The standard InChI is InChI=1S/C12H18O8/c1-3-7(5-9(13)14)11(17)19-20-12(18)8(4-2)6-10(15)16/h7-8H,3-6H2,1-2H3,(H,13,14)(H,15,16). The van der Waals surface area contributed by atoms with Crippen LogP contribution in [0.3, 0.4) is 0 Å². The highest BCUT2D eigenvalue weighted by molar-refractivity contribution is 5.81. The normalized spacial score (nSPS) is 13.1. The van der Waals surface area contributed by atoms with Gasteiger partial charge in [0.1, 0.15) is 0 Å². The third kappa shape index (κ3) is 6.72. The summed E-state index contributed by atoms with van der Waals surface area (Å²) in [4.78, 5) is 52.5. The minimum Gasteiger partial charge on any atom is -0.481 e. The molecule has 0 aliphatic heterocycles. The Morgan fingerprint density at radius 3 is 1.30 bits per heavy atom. The molecule has 8 nitrogen and oxygen atoms in total. The molecule has 20 heavy (non-hydrogen) atoms. The van der Waals surface area contributed by atoms with Crippen molar-refractivity contribution in [3.8, 4) is 0 Å². The van der Waals surface area contributed by atoms with Gasteiger partial charge in [-0.15, -0.1) is 0 Å². The Balaban J connectivity index is 4.37. The Bertz CT molecular complexity index is 340. The summed E-state index contributed by atoms with van der Waals surface area (Å²) in [5.41, 5.74) is 0. The number of hydrogen-bond donors (Lipinski definition) is 2. The van der Waals surface area contributed by atoms with Gasteiger partial charge in [0, 0.05) is 0 Å². The molecule has 0 amide bonds. The summed E-state index contributed by atoms with van der Waals surface area (Å²) in [7, 11) is 0. The second-order valence-corrected chi connectivity index (χ2v) is 4.21. The fraction of sp³-hybridized carbons (Fsp3) is 0.667. The van der Waals surface area contributed by atoms with Gasteiger partial charge in [0.2, 0.25) is 0 Å². The van der Waals surface area contributed by atoms with E-state index in [9.17, 15) is 19.2 Å². The quantitative estimate of drug-likeness (QED) is 0.500. The molecule has 0 aliphatic carbocycles. The van der Waals surface area contributed by atoms with E-state index in [0.717, 1.165) is 0 Å². The molecule has 0 spiro atoms. The Morgan fingerprint density at radius 2 is 1.10 bits per heavy atom. The highest BCUT2D eigenvalue weighted by Gasteiger charge is 2.27. The van der Waals surface area contributed by atoms with Gasteiger partial charge < -0.3 is 10.2 Å². The number of rotatable bonds is 8. The van der Waals surface area contributed by atoms with E-state index in [0.29, 0.717) is 0 Å². The summed E-state index contributed by atoms with van der Waals surface area (Å²) in [6.07, 6.45) is -0.428. The largest absolute Gasteiger partial charge is 0.481 e. The van der Waals surface area contributed by atoms with Crippen LogP contribution in [0.2, 0.25) is 0 Å². The van der Waals surface area contributed by atoms with Crippen molar-refractivity contribution in [2.45, 2.75) is 39.5 Å². The van der Waals surface area contributed by atoms with Crippen LogP contribution in [-0.2, 0) is 29.0 Å². The Morgan fingerprint density at radius 1 is 0.800 bits per heavy atom. The first-order chi connectivity index (χ1) is 9.31. The maximum absolute atomic E-state index is 11.5. The second kappa shape index (κ2) is 8.89. The first-order valence-corrected chi connectivity index (χ1v) is 6.17. The molecular formula is C12H18O8. The number of carboxylic acids is 2. The third-order valence-corrected chi connectivity index (χ3v) is 2.70. The van der Waals surface area contributed by atoms with E-state index in [1.807, 2.05) is 0 Å². The average molecular weight is 290 g/mol. The number of carboxylic acid groups (broad SMARTS) is 2. The van der Waals surface area contributed by atoms with E-state index in [-0.39, 0.29) is 12.8 Å². The van der Waals surface area contributed by atoms with Crippen molar-refractivity contribution in [1.29, 1.82) is 0 Å². The molecule has 114 valence electrons. The molecule has 0 heterocycles. The SMILES string of the molecule is CCC(CC(=O)O)C(=O)OOC(=O)C(CC)CC(=O)O. The lowest BCUT2D eigenvalue weighted by Gasteiger charge is -2.13. The minimum absolute atomic E-state index is 0.217. The number of carbonyl (C=O) groups is 4. The van der Waals surface area contributed by atoms with Gasteiger partial charge >= 0.3 is 23.9 Å². The predicted octanol–water partition coefficient (Wildman–Crippen LogP) is 0.990. The van der Waals surface area contributed by atoms with Crippen molar-refractivity contribution in [2.75, 3.05) is 0 Å². The summed E-state index contributed by atoms with van der Waals surface area (Å²) in [6.45, 7) is 3.19. The van der Waals surface area contributed by atoms with Crippen LogP contribution >= 0.6 is 0 Å². The minimum atomic E-state index is -1.17. The lowest BCUT2D eigenvalue weighted by molar-refractivity contribution is -0.265. The summed E-state index contributed by atoms with van der Waals surface area (Å²) in [6, 6.07) is 0. The van der Waals surface area contributed by atoms with E-state index in [1.54, 1.807) is 13.8 Å². The summed E-state index contributed by atoms with van der Waals surface area (Å²) < 4.78 is 0. The highest BCUT2D eigenvalue weighted by atomic mass is 17.2. The zero-order valence-electron chi connectivity index (χ0n) is 11.3. The molecule has 0 saturated carbocycles. The molecule has 0 radical (unpaired) electrons.